The largest absolute Gasteiger partial charge is 0.378 e. The maximum atomic E-state index is 5.26. The fraction of sp³-hybridized carbons (Fsp3) is 0.364. The molecule has 0 bridgehead atoms. The summed E-state index contributed by atoms with van der Waals surface area (Å²) in [5.41, 5.74) is 0.999. The third-order valence-electron chi connectivity index (χ3n) is 2.19. The van der Waals surface area contributed by atoms with Crippen LogP contribution in [0, 0.1) is 0 Å². The molecule has 0 N–H and O–H groups in total. The minimum absolute atomic E-state index is 0.826. The van der Waals surface area contributed by atoms with E-state index in [0.717, 1.165) is 32.0 Å². The van der Waals surface area contributed by atoms with Gasteiger partial charge in [-0.25, -0.2) is 0 Å². The van der Waals surface area contributed by atoms with Gasteiger partial charge in [-0.05, 0) is 18.2 Å². The van der Waals surface area contributed by atoms with Crippen molar-refractivity contribution in [1.29, 1.82) is 0 Å². The van der Waals surface area contributed by atoms with Crippen LogP contribution >= 0.6 is 0 Å². The van der Waals surface area contributed by atoms with Crippen LogP contribution in [0.4, 0.5) is 0 Å². The number of rotatable bonds is 2. The molecule has 0 saturated carbocycles. The standard InChI is InChI=1S/C11H14N2O/c1-2-5-12-11(3-1)4-6-13-7-9-14-10-8-13/h1-6H,7-10H2/b6-4+. The Labute approximate surface area is 84.0 Å². The number of morpholine rings is 1. The topological polar surface area (TPSA) is 25.4 Å². The van der Waals surface area contributed by atoms with Gasteiger partial charge < -0.3 is 9.64 Å². The van der Waals surface area contributed by atoms with Crippen LogP contribution in [0.2, 0.25) is 0 Å². The van der Waals surface area contributed by atoms with Crippen molar-refractivity contribution in [1.82, 2.24) is 9.88 Å². The Kier molecular flexibility index (Phi) is 3.14. The molecule has 14 heavy (non-hydrogen) atoms. The molecule has 0 amide bonds. The van der Waals surface area contributed by atoms with Gasteiger partial charge in [-0.15, -0.1) is 0 Å². The van der Waals surface area contributed by atoms with Gasteiger partial charge in [-0.2, -0.15) is 0 Å². The van der Waals surface area contributed by atoms with E-state index in [1.807, 2.05) is 24.3 Å². The van der Waals surface area contributed by atoms with Crippen molar-refractivity contribution in [3.63, 3.8) is 0 Å². The summed E-state index contributed by atoms with van der Waals surface area (Å²) in [6.45, 7) is 3.60. The molecule has 1 aliphatic rings. The zero-order chi connectivity index (χ0) is 9.64. The highest BCUT2D eigenvalue weighted by atomic mass is 16.5. The van der Waals surface area contributed by atoms with E-state index in [-0.39, 0.29) is 0 Å². The first-order valence-electron chi connectivity index (χ1n) is 4.86. The van der Waals surface area contributed by atoms with Crippen LogP contribution < -0.4 is 0 Å². The van der Waals surface area contributed by atoms with E-state index in [0.29, 0.717) is 0 Å². The van der Waals surface area contributed by atoms with Crippen molar-refractivity contribution in [3.8, 4) is 0 Å². The van der Waals surface area contributed by atoms with E-state index in [9.17, 15) is 0 Å². The second kappa shape index (κ2) is 4.77. The van der Waals surface area contributed by atoms with E-state index in [1.165, 1.54) is 0 Å². The predicted molar refractivity (Wildman–Crippen MR) is 55.7 cm³/mol. The molecule has 1 aromatic rings. The van der Waals surface area contributed by atoms with Crippen LogP contribution in [-0.2, 0) is 4.74 Å². The molecule has 0 atom stereocenters. The van der Waals surface area contributed by atoms with Gasteiger partial charge in [0.05, 0.1) is 18.9 Å². The lowest BCUT2D eigenvalue weighted by Gasteiger charge is -2.24. The molecule has 1 saturated heterocycles. The summed E-state index contributed by atoms with van der Waals surface area (Å²) in [6, 6.07) is 5.91. The number of ether oxygens (including phenoxy) is 1. The summed E-state index contributed by atoms with van der Waals surface area (Å²) < 4.78 is 5.26. The number of hydrogen-bond acceptors (Lipinski definition) is 3. The first-order valence-corrected chi connectivity index (χ1v) is 4.86. The van der Waals surface area contributed by atoms with E-state index in [2.05, 4.69) is 16.1 Å². The lowest BCUT2D eigenvalue weighted by molar-refractivity contribution is 0.0597. The van der Waals surface area contributed by atoms with Gasteiger partial charge in [-0.3, -0.25) is 4.98 Å². The highest BCUT2D eigenvalue weighted by Crippen LogP contribution is 2.01. The summed E-state index contributed by atoms with van der Waals surface area (Å²) in [5.74, 6) is 0. The molecule has 0 unspecified atom stereocenters. The Morgan fingerprint density at radius 2 is 2.14 bits per heavy atom. The average Bonchev–Trinajstić information content (AvgIpc) is 2.29. The smallest absolute Gasteiger partial charge is 0.0644 e. The van der Waals surface area contributed by atoms with Crippen LogP contribution in [0.1, 0.15) is 5.69 Å². The van der Waals surface area contributed by atoms with Crippen molar-refractivity contribution in [2.45, 2.75) is 0 Å². The monoisotopic (exact) mass is 190 g/mol. The summed E-state index contributed by atoms with van der Waals surface area (Å²) in [6.07, 6.45) is 5.93. The summed E-state index contributed by atoms with van der Waals surface area (Å²) >= 11 is 0. The lowest BCUT2D eigenvalue weighted by atomic mass is 10.3. The van der Waals surface area contributed by atoms with Gasteiger partial charge in [0.1, 0.15) is 0 Å². The Morgan fingerprint density at radius 3 is 2.86 bits per heavy atom. The zero-order valence-electron chi connectivity index (χ0n) is 8.10. The minimum Gasteiger partial charge on any atom is -0.378 e. The minimum atomic E-state index is 0.826. The molecular formula is C11H14N2O. The van der Waals surface area contributed by atoms with Crippen molar-refractivity contribution >= 4 is 6.08 Å². The third-order valence-corrected chi connectivity index (χ3v) is 2.19. The second-order valence-corrected chi connectivity index (χ2v) is 3.22. The van der Waals surface area contributed by atoms with Gasteiger partial charge in [0, 0.05) is 25.5 Å². The van der Waals surface area contributed by atoms with E-state index in [4.69, 9.17) is 4.74 Å². The predicted octanol–water partition coefficient (Wildman–Crippen LogP) is 1.38. The quantitative estimate of drug-likeness (QED) is 0.704. The molecule has 1 aliphatic heterocycles. The van der Waals surface area contributed by atoms with E-state index < -0.39 is 0 Å². The Morgan fingerprint density at radius 1 is 1.29 bits per heavy atom. The van der Waals surface area contributed by atoms with E-state index in [1.54, 1.807) is 6.20 Å². The molecule has 3 nitrogen and oxygen atoms in total. The third kappa shape index (κ3) is 2.57. The maximum Gasteiger partial charge on any atom is 0.0644 e. The number of nitrogens with zero attached hydrogens (tertiary/aromatic N) is 2. The van der Waals surface area contributed by atoms with Gasteiger partial charge in [0.25, 0.3) is 0 Å². The lowest BCUT2D eigenvalue weighted by Crippen LogP contribution is -2.31. The summed E-state index contributed by atoms with van der Waals surface area (Å²) in [4.78, 5) is 6.47. The average molecular weight is 190 g/mol. The molecule has 0 spiro atoms. The first-order chi connectivity index (χ1) is 6.95. The van der Waals surface area contributed by atoms with Crippen molar-refractivity contribution in [2.24, 2.45) is 0 Å². The molecule has 1 fully saturated rings. The summed E-state index contributed by atoms with van der Waals surface area (Å²) in [7, 11) is 0. The summed E-state index contributed by atoms with van der Waals surface area (Å²) in [5, 5.41) is 0. The molecule has 1 aromatic heterocycles. The molecule has 2 rings (SSSR count). The fourth-order valence-electron chi connectivity index (χ4n) is 1.38. The highest BCUT2D eigenvalue weighted by molar-refractivity contribution is 5.43. The molecule has 3 heteroatoms. The normalized spacial score (nSPS) is 17.6. The first kappa shape index (κ1) is 9.21. The van der Waals surface area contributed by atoms with Gasteiger partial charge >= 0.3 is 0 Å². The molecule has 0 radical (unpaired) electrons. The second-order valence-electron chi connectivity index (χ2n) is 3.22. The Balaban J connectivity index is 1.93. The number of aromatic nitrogens is 1. The van der Waals surface area contributed by atoms with Gasteiger partial charge in [0.15, 0.2) is 0 Å². The van der Waals surface area contributed by atoms with Crippen LogP contribution in [0.25, 0.3) is 6.08 Å². The van der Waals surface area contributed by atoms with Crippen molar-refractivity contribution in [3.05, 3.63) is 36.3 Å². The SMILES string of the molecule is C(=C\N1CCOCC1)/c1ccccn1. The van der Waals surface area contributed by atoms with Crippen molar-refractivity contribution < 1.29 is 4.74 Å². The molecule has 74 valence electrons. The highest BCUT2D eigenvalue weighted by Gasteiger charge is 2.04. The van der Waals surface area contributed by atoms with Crippen LogP contribution in [0.15, 0.2) is 30.6 Å². The zero-order valence-corrected chi connectivity index (χ0v) is 8.10. The van der Waals surface area contributed by atoms with E-state index >= 15 is 0 Å². The Hall–Kier alpha value is -1.35. The van der Waals surface area contributed by atoms with Crippen LogP contribution in [0.3, 0.4) is 0 Å². The van der Waals surface area contributed by atoms with Crippen LogP contribution in [-0.4, -0.2) is 36.2 Å². The fourth-order valence-corrected chi connectivity index (χ4v) is 1.38. The number of hydrogen-bond donors (Lipinski definition) is 0. The maximum absolute atomic E-state index is 5.26. The molecular weight excluding hydrogens is 176 g/mol. The van der Waals surface area contributed by atoms with Gasteiger partial charge in [-0.1, -0.05) is 6.07 Å². The molecule has 2 heterocycles. The van der Waals surface area contributed by atoms with Crippen LogP contribution in [0.5, 0.6) is 0 Å². The molecule has 0 aromatic carbocycles. The van der Waals surface area contributed by atoms with Crippen molar-refractivity contribution in [2.75, 3.05) is 26.3 Å². The van der Waals surface area contributed by atoms with Gasteiger partial charge in [0.2, 0.25) is 0 Å². The number of pyridine rings is 1. The molecule has 0 aliphatic carbocycles. The Bertz CT molecular complexity index is 291.